The van der Waals surface area contributed by atoms with Gasteiger partial charge in [0.05, 0.1) is 42.7 Å². The monoisotopic (exact) mass is 640 g/mol. The van der Waals surface area contributed by atoms with Crippen molar-refractivity contribution in [3.63, 3.8) is 0 Å². The van der Waals surface area contributed by atoms with Crippen molar-refractivity contribution in [3.05, 3.63) is 98.7 Å². The van der Waals surface area contributed by atoms with Crippen molar-refractivity contribution in [2.24, 2.45) is 0 Å². The third-order valence-electron chi connectivity index (χ3n) is 7.28. The number of hydrogen-bond donors (Lipinski definition) is 0. The van der Waals surface area contributed by atoms with Crippen molar-refractivity contribution in [3.8, 4) is 17.2 Å². The molecule has 0 aliphatic heterocycles. The molecule has 2 unspecified atom stereocenters. The zero-order valence-electron chi connectivity index (χ0n) is 25.6. The number of allylic oxidation sites excluding steroid dienone is 6. The number of hydrogen-bond acceptors (Lipinski definition) is 6. The van der Waals surface area contributed by atoms with Gasteiger partial charge in [0, 0.05) is 39.9 Å². The molecule has 2 aromatic rings. The highest BCUT2D eigenvalue weighted by molar-refractivity contribution is 7.23. The van der Waals surface area contributed by atoms with Gasteiger partial charge in [0.25, 0.3) is 0 Å². The predicted molar refractivity (Wildman–Crippen MR) is 161 cm³/mol. The van der Waals surface area contributed by atoms with Gasteiger partial charge in [0.1, 0.15) is 5.83 Å². The van der Waals surface area contributed by atoms with Crippen molar-refractivity contribution in [2.45, 2.75) is 26.2 Å². The van der Waals surface area contributed by atoms with Crippen LogP contribution in [0.15, 0.2) is 59.0 Å². The van der Waals surface area contributed by atoms with Crippen molar-refractivity contribution in [1.82, 2.24) is 0 Å². The molecule has 2 atom stereocenters. The van der Waals surface area contributed by atoms with Gasteiger partial charge in [-0.1, -0.05) is 12.7 Å². The van der Waals surface area contributed by atoms with Gasteiger partial charge >= 0.3 is 0 Å². The Morgan fingerprint density at radius 3 is 1.77 bits per heavy atom. The Kier molecular flexibility index (Phi) is 11.1. The summed E-state index contributed by atoms with van der Waals surface area (Å²) in [5, 5.41) is 0.0496. The van der Waals surface area contributed by atoms with E-state index in [1.54, 1.807) is 13.0 Å². The Balaban J connectivity index is 2.39. The van der Waals surface area contributed by atoms with Crippen molar-refractivity contribution >= 4 is 20.4 Å². The second-order valence-electron chi connectivity index (χ2n) is 9.62. The summed E-state index contributed by atoms with van der Waals surface area (Å²) >= 11 is 0. The van der Waals surface area contributed by atoms with Crippen LogP contribution in [0.1, 0.15) is 41.5 Å². The fourth-order valence-electron chi connectivity index (χ4n) is 5.25. The topological polar surface area (TPSA) is 55.4 Å². The largest absolute Gasteiger partial charge is 0.492 e. The van der Waals surface area contributed by atoms with E-state index in [-0.39, 0.29) is 63.0 Å². The minimum Gasteiger partial charge on any atom is -0.492 e. The molecule has 0 saturated carbocycles. The molecule has 0 N–H and O–H groups in total. The molecule has 1 aliphatic carbocycles. The molecule has 44 heavy (non-hydrogen) atoms. The van der Waals surface area contributed by atoms with Gasteiger partial charge in [-0.25, -0.2) is 22.0 Å². The molecule has 3 rings (SSSR count). The molecule has 0 spiro atoms. The maximum absolute atomic E-state index is 14.7. The van der Waals surface area contributed by atoms with Crippen molar-refractivity contribution < 1.29 is 50.4 Å². The van der Waals surface area contributed by atoms with Gasteiger partial charge in [0.15, 0.2) is 46.3 Å². The van der Waals surface area contributed by atoms with E-state index in [9.17, 15) is 22.0 Å². The van der Waals surface area contributed by atoms with E-state index in [2.05, 4.69) is 15.8 Å². The van der Waals surface area contributed by atoms with Gasteiger partial charge in [-0.05, 0) is 37.1 Å². The zero-order valence-corrected chi connectivity index (χ0v) is 26.8. The first-order valence-electron chi connectivity index (χ1n) is 13.1. The van der Waals surface area contributed by atoms with Gasteiger partial charge in [-0.15, -0.1) is 9.24 Å². The Bertz CT molecular complexity index is 1590. The Morgan fingerprint density at radius 2 is 1.32 bits per heavy atom. The van der Waals surface area contributed by atoms with Crippen LogP contribution >= 0.6 is 9.24 Å². The lowest BCUT2D eigenvalue weighted by atomic mass is 9.83. The molecule has 238 valence electrons. The molecule has 2 aromatic carbocycles. The lowest BCUT2D eigenvalue weighted by Gasteiger charge is -2.28. The third-order valence-corrected chi connectivity index (χ3v) is 7.72. The fraction of sp³-hybridized carbons (Fsp3) is 0.312. The van der Waals surface area contributed by atoms with E-state index < -0.39 is 35.0 Å². The van der Waals surface area contributed by atoms with E-state index in [0.29, 0.717) is 16.7 Å². The summed E-state index contributed by atoms with van der Waals surface area (Å²) in [6, 6.07) is 1.65. The average molecular weight is 641 g/mol. The van der Waals surface area contributed by atoms with Gasteiger partial charge in [-0.3, -0.25) is 0 Å². The summed E-state index contributed by atoms with van der Waals surface area (Å²) in [6.07, 6.45) is 1.29. The standard InChI is InChI=1S/C32H34F5O6P/c1-14(17-10-19(33)25(36)20(34)11-17)27(38-4)31(42-8)28(39-5)16(3)23-15(2)24(18-12-21(35)26(37)22(44)13-18)30(41-7)32(43-9)29(23)40-6/h10-11,13,18H,3,12,44H2,1-2,4-9H3/b27-14-,31-28-. The summed E-state index contributed by atoms with van der Waals surface area (Å²) < 4.78 is 105. The van der Waals surface area contributed by atoms with Gasteiger partial charge in [-0.2, -0.15) is 0 Å². The van der Waals surface area contributed by atoms with Gasteiger partial charge < -0.3 is 28.4 Å². The Morgan fingerprint density at radius 1 is 0.795 bits per heavy atom. The summed E-state index contributed by atoms with van der Waals surface area (Å²) in [5.41, 5.74) is 1.71. The molecule has 0 fully saturated rings. The molecule has 0 amide bonds. The van der Waals surface area contributed by atoms with E-state index in [1.807, 2.05) is 0 Å². The van der Waals surface area contributed by atoms with Crippen LogP contribution in [0.5, 0.6) is 17.2 Å². The van der Waals surface area contributed by atoms with Crippen LogP contribution in [-0.2, 0) is 14.2 Å². The van der Waals surface area contributed by atoms with Crippen LogP contribution in [-0.4, -0.2) is 42.7 Å². The molecule has 0 bridgehead atoms. The van der Waals surface area contributed by atoms with Crippen LogP contribution in [0.3, 0.4) is 0 Å². The normalized spacial score (nSPS) is 16.0. The zero-order chi connectivity index (χ0) is 33.0. The fourth-order valence-corrected chi connectivity index (χ4v) is 5.64. The highest BCUT2D eigenvalue weighted by atomic mass is 31.0. The predicted octanol–water partition coefficient (Wildman–Crippen LogP) is 8.43. The van der Waals surface area contributed by atoms with Crippen LogP contribution in [0.4, 0.5) is 22.0 Å². The molecular formula is C32H34F5O6P. The average Bonchev–Trinajstić information content (AvgIpc) is 3.00. The summed E-state index contributed by atoms with van der Waals surface area (Å²) in [7, 11) is 10.4. The lowest BCUT2D eigenvalue weighted by molar-refractivity contribution is 0.193. The quantitative estimate of drug-likeness (QED) is 0.0808. The SMILES string of the molecule is C=C(/C(OC)=C(OC)\C(OC)=C(/C)c1cc(F)c(F)c(F)c1)c1c(C)c(C2C=C(P)C(F)=C(F)C2)c(OC)c(OC)c1OC. The minimum atomic E-state index is -1.61. The number of benzene rings is 2. The molecule has 12 heteroatoms. The molecule has 6 nitrogen and oxygen atoms in total. The van der Waals surface area contributed by atoms with E-state index in [4.69, 9.17) is 28.4 Å². The van der Waals surface area contributed by atoms with Crippen LogP contribution in [0.2, 0.25) is 0 Å². The summed E-state index contributed by atoms with van der Waals surface area (Å²) in [5.74, 6) is -6.32. The second-order valence-corrected chi connectivity index (χ2v) is 10.2. The Labute approximate surface area is 255 Å². The van der Waals surface area contributed by atoms with E-state index in [0.717, 1.165) is 12.1 Å². The smallest absolute Gasteiger partial charge is 0.204 e. The lowest BCUT2D eigenvalue weighted by Crippen LogP contribution is -2.12. The molecular weight excluding hydrogens is 606 g/mol. The summed E-state index contributed by atoms with van der Waals surface area (Å²) in [4.78, 5) is 0. The molecule has 0 heterocycles. The highest BCUT2D eigenvalue weighted by Crippen LogP contribution is 2.53. The van der Waals surface area contributed by atoms with E-state index >= 15 is 0 Å². The number of halogens is 5. The van der Waals surface area contributed by atoms with E-state index in [1.165, 1.54) is 49.6 Å². The van der Waals surface area contributed by atoms with Crippen LogP contribution in [0, 0.1) is 24.4 Å². The molecule has 1 aliphatic rings. The first-order chi connectivity index (χ1) is 20.8. The first-order valence-corrected chi connectivity index (χ1v) is 13.7. The number of methoxy groups -OCH3 is 6. The van der Waals surface area contributed by atoms with Crippen molar-refractivity contribution in [2.75, 3.05) is 42.7 Å². The second kappa shape index (κ2) is 14.2. The van der Waals surface area contributed by atoms with Gasteiger partial charge in [0.2, 0.25) is 11.5 Å². The summed E-state index contributed by atoms with van der Waals surface area (Å²) in [6.45, 7) is 7.46. The third kappa shape index (κ3) is 6.15. The Hall–Kier alpha value is -3.98. The maximum Gasteiger partial charge on any atom is 0.204 e. The molecule has 0 aromatic heterocycles. The van der Waals surface area contributed by atoms with Crippen LogP contribution in [0.25, 0.3) is 11.1 Å². The minimum absolute atomic E-state index is 0.00113. The maximum atomic E-state index is 14.7. The molecule has 0 saturated heterocycles. The van der Waals surface area contributed by atoms with Crippen LogP contribution < -0.4 is 14.2 Å². The number of rotatable bonds is 11. The molecule has 0 radical (unpaired) electrons. The first kappa shape index (κ1) is 34.5. The highest BCUT2D eigenvalue weighted by Gasteiger charge is 2.34. The van der Waals surface area contributed by atoms with Crippen molar-refractivity contribution in [1.29, 1.82) is 0 Å². The number of ether oxygens (including phenoxy) is 6.